The Balaban J connectivity index is 1.71. The molecule has 0 radical (unpaired) electrons. The summed E-state index contributed by atoms with van der Waals surface area (Å²) in [5.74, 6) is -0.536. The lowest BCUT2D eigenvalue weighted by Crippen LogP contribution is -2.34. The zero-order chi connectivity index (χ0) is 16.5. The Labute approximate surface area is 135 Å². The maximum absolute atomic E-state index is 12.8. The molecule has 0 saturated carbocycles. The van der Waals surface area contributed by atoms with Gasteiger partial charge in [0.25, 0.3) is 5.91 Å². The molecule has 0 aliphatic carbocycles. The second-order valence-electron chi connectivity index (χ2n) is 5.06. The van der Waals surface area contributed by atoms with E-state index in [1.54, 1.807) is 19.1 Å². The van der Waals surface area contributed by atoms with Crippen LogP contribution >= 0.6 is 0 Å². The van der Waals surface area contributed by atoms with Crippen molar-refractivity contribution >= 4 is 12.1 Å². The summed E-state index contributed by atoms with van der Waals surface area (Å²) < 4.78 is 12.8. The Hall–Kier alpha value is -2.69. The fraction of sp³-hybridized carbons (Fsp3) is 0.222. The maximum atomic E-state index is 12.8. The van der Waals surface area contributed by atoms with Crippen LogP contribution in [0.15, 0.2) is 59.8 Å². The first kappa shape index (κ1) is 16.7. The van der Waals surface area contributed by atoms with Gasteiger partial charge in [-0.2, -0.15) is 0 Å². The normalized spacial score (nSPS) is 12.1. The Morgan fingerprint density at radius 3 is 2.61 bits per heavy atom. The average Bonchev–Trinajstić information content (AvgIpc) is 2.57. The Bertz CT molecular complexity index is 642. The van der Waals surface area contributed by atoms with Gasteiger partial charge in [0.15, 0.2) is 0 Å². The number of hydrogen-bond acceptors (Lipinski definition) is 3. The van der Waals surface area contributed by atoms with Crippen LogP contribution in [0.3, 0.4) is 0 Å². The van der Waals surface area contributed by atoms with Crippen LogP contribution in [0, 0.1) is 5.82 Å². The second kappa shape index (κ2) is 8.68. The van der Waals surface area contributed by atoms with Crippen molar-refractivity contribution in [3.8, 4) is 0 Å². The average molecular weight is 314 g/mol. The highest BCUT2D eigenvalue weighted by molar-refractivity contribution is 5.81. The van der Waals surface area contributed by atoms with Gasteiger partial charge >= 0.3 is 0 Å². The molecule has 2 aromatic rings. The summed E-state index contributed by atoms with van der Waals surface area (Å²) in [5.41, 5.74) is 1.86. The molecule has 2 aromatic carbocycles. The Kier molecular flexibility index (Phi) is 6.29. The first-order valence-corrected chi connectivity index (χ1v) is 7.41. The topological polar surface area (TPSA) is 50.7 Å². The first-order valence-electron chi connectivity index (χ1n) is 7.41. The van der Waals surface area contributed by atoms with Crippen molar-refractivity contribution in [3.05, 3.63) is 71.5 Å². The molecule has 4 nitrogen and oxygen atoms in total. The smallest absolute Gasteiger partial charge is 0.263 e. The molecule has 0 heterocycles. The second-order valence-corrected chi connectivity index (χ2v) is 5.06. The van der Waals surface area contributed by atoms with Crippen LogP contribution in [-0.4, -0.2) is 24.8 Å². The summed E-state index contributed by atoms with van der Waals surface area (Å²) in [4.78, 5) is 17.0. The van der Waals surface area contributed by atoms with Crippen molar-refractivity contribution in [2.24, 2.45) is 5.16 Å². The van der Waals surface area contributed by atoms with Gasteiger partial charge < -0.3 is 10.2 Å². The van der Waals surface area contributed by atoms with Gasteiger partial charge in [-0.1, -0.05) is 47.6 Å². The summed E-state index contributed by atoms with van der Waals surface area (Å²) in [7, 11) is 0. The number of oxime groups is 1. The third-order valence-electron chi connectivity index (χ3n) is 3.22. The number of carbonyl (C=O) groups is 1. The van der Waals surface area contributed by atoms with E-state index in [0.717, 1.165) is 12.0 Å². The monoisotopic (exact) mass is 314 g/mol. The molecule has 1 N–H and O–H groups in total. The molecule has 2 rings (SSSR count). The SMILES string of the molecule is CC(O/N=C/c1ccc(F)cc1)C(=O)NCCc1ccccc1. The van der Waals surface area contributed by atoms with Gasteiger partial charge in [-0.05, 0) is 36.6 Å². The fourth-order valence-electron chi connectivity index (χ4n) is 1.90. The van der Waals surface area contributed by atoms with E-state index in [1.165, 1.54) is 18.3 Å². The van der Waals surface area contributed by atoms with Crippen molar-refractivity contribution in [1.29, 1.82) is 0 Å². The van der Waals surface area contributed by atoms with Crippen LogP contribution in [0.25, 0.3) is 0 Å². The van der Waals surface area contributed by atoms with Crippen molar-refractivity contribution in [3.63, 3.8) is 0 Å². The van der Waals surface area contributed by atoms with E-state index in [0.29, 0.717) is 12.1 Å². The van der Waals surface area contributed by atoms with Crippen LogP contribution in [0.2, 0.25) is 0 Å². The quantitative estimate of drug-likeness (QED) is 0.631. The largest absolute Gasteiger partial charge is 0.383 e. The lowest BCUT2D eigenvalue weighted by molar-refractivity contribution is -0.131. The Morgan fingerprint density at radius 1 is 1.22 bits per heavy atom. The number of hydrogen-bond donors (Lipinski definition) is 1. The summed E-state index contributed by atoms with van der Waals surface area (Å²) in [6, 6.07) is 15.7. The van der Waals surface area contributed by atoms with Crippen LogP contribution < -0.4 is 5.32 Å². The number of rotatable bonds is 7. The molecule has 0 aliphatic heterocycles. The lowest BCUT2D eigenvalue weighted by atomic mass is 10.1. The van der Waals surface area contributed by atoms with E-state index in [-0.39, 0.29) is 11.7 Å². The van der Waals surface area contributed by atoms with E-state index in [4.69, 9.17) is 4.84 Å². The molecule has 0 aromatic heterocycles. The van der Waals surface area contributed by atoms with Gasteiger partial charge in [-0.25, -0.2) is 4.39 Å². The fourth-order valence-corrected chi connectivity index (χ4v) is 1.90. The number of amides is 1. The lowest BCUT2D eigenvalue weighted by Gasteiger charge is -2.10. The third-order valence-corrected chi connectivity index (χ3v) is 3.22. The van der Waals surface area contributed by atoms with Gasteiger partial charge in [0.2, 0.25) is 6.10 Å². The molecular weight excluding hydrogens is 295 g/mol. The van der Waals surface area contributed by atoms with Crippen LogP contribution in [-0.2, 0) is 16.1 Å². The number of carbonyl (C=O) groups excluding carboxylic acids is 1. The molecule has 1 unspecified atom stereocenters. The highest BCUT2D eigenvalue weighted by Gasteiger charge is 2.12. The van der Waals surface area contributed by atoms with E-state index in [2.05, 4.69) is 10.5 Å². The van der Waals surface area contributed by atoms with E-state index >= 15 is 0 Å². The highest BCUT2D eigenvalue weighted by Crippen LogP contribution is 2.01. The van der Waals surface area contributed by atoms with Crippen LogP contribution in [0.5, 0.6) is 0 Å². The summed E-state index contributed by atoms with van der Waals surface area (Å²) >= 11 is 0. The van der Waals surface area contributed by atoms with E-state index in [1.807, 2.05) is 30.3 Å². The van der Waals surface area contributed by atoms with Crippen molar-refractivity contribution in [2.75, 3.05) is 6.54 Å². The minimum atomic E-state index is -0.692. The Morgan fingerprint density at radius 2 is 1.91 bits per heavy atom. The molecule has 120 valence electrons. The summed E-state index contributed by atoms with van der Waals surface area (Å²) in [6.07, 6.45) is 1.51. The van der Waals surface area contributed by atoms with E-state index in [9.17, 15) is 9.18 Å². The molecule has 5 heteroatoms. The maximum Gasteiger partial charge on any atom is 0.263 e. The number of nitrogens with one attached hydrogen (secondary N) is 1. The molecule has 23 heavy (non-hydrogen) atoms. The number of benzene rings is 2. The molecule has 0 aliphatic rings. The summed E-state index contributed by atoms with van der Waals surface area (Å²) in [6.45, 7) is 2.16. The first-order chi connectivity index (χ1) is 11.1. The third kappa shape index (κ3) is 5.90. The zero-order valence-corrected chi connectivity index (χ0v) is 12.9. The predicted octanol–water partition coefficient (Wildman–Crippen LogP) is 2.92. The zero-order valence-electron chi connectivity index (χ0n) is 12.9. The predicted molar refractivity (Wildman–Crippen MR) is 87.7 cm³/mol. The number of halogens is 1. The van der Waals surface area contributed by atoms with Crippen LogP contribution in [0.4, 0.5) is 4.39 Å². The molecule has 1 atom stereocenters. The standard InChI is InChI=1S/C18H19FN2O2/c1-14(23-21-13-16-7-9-17(19)10-8-16)18(22)20-12-11-15-5-3-2-4-6-15/h2-10,13-14H,11-12H2,1H3,(H,20,22)/b21-13+. The van der Waals surface area contributed by atoms with Crippen molar-refractivity contribution in [1.82, 2.24) is 5.32 Å². The molecule has 0 bridgehead atoms. The van der Waals surface area contributed by atoms with Gasteiger partial charge in [-0.15, -0.1) is 0 Å². The molecular formula is C18H19FN2O2. The highest BCUT2D eigenvalue weighted by atomic mass is 19.1. The van der Waals surface area contributed by atoms with Crippen molar-refractivity contribution < 1.29 is 14.0 Å². The number of nitrogens with zero attached hydrogens (tertiary/aromatic N) is 1. The van der Waals surface area contributed by atoms with E-state index < -0.39 is 6.10 Å². The molecule has 1 amide bonds. The van der Waals surface area contributed by atoms with Gasteiger partial charge in [0.05, 0.1) is 6.21 Å². The minimum Gasteiger partial charge on any atom is -0.383 e. The van der Waals surface area contributed by atoms with Crippen LogP contribution in [0.1, 0.15) is 18.1 Å². The minimum absolute atomic E-state index is 0.225. The molecule has 0 saturated heterocycles. The summed E-state index contributed by atoms with van der Waals surface area (Å²) in [5, 5.41) is 6.55. The van der Waals surface area contributed by atoms with Crippen molar-refractivity contribution in [2.45, 2.75) is 19.4 Å². The van der Waals surface area contributed by atoms with Gasteiger partial charge in [0.1, 0.15) is 5.82 Å². The van der Waals surface area contributed by atoms with Gasteiger partial charge in [-0.3, -0.25) is 4.79 Å². The molecule has 0 fully saturated rings. The van der Waals surface area contributed by atoms with Gasteiger partial charge in [0, 0.05) is 6.54 Å². The molecule has 0 spiro atoms.